The van der Waals surface area contributed by atoms with E-state index < -0.39 is 12.0 Å². The van der Waals surface area contributed by atoms with E-state index in [-0.39, 0.29) is 12.0 Å². The van der Waals surface area contributed by atoms with E-state index >= 15 is 0 Å². The minimum atomic E-state index is -1.00. The molecule has 0 bridgehead atoms. The van der Waals surface area contributed by atoms with E-state index in [0.29, 0.717) is 23.0 Å². The van der Waals surface area contributed by atoms with Crippen LogP contribution in [0.3, 0.4) is 0 Å². The van der Waals surface area contributed by atoms with Crippen molar-refractivity contribution in [3.8, 4) is 0 Å². The Morgan fingerprint density at radius 3 is 2.68 bits per heavy atom. The second-order valence-corrected chi connectivity index (χ2v) is 5.24. The fraction of sp³-hybridized carbons (Fsp3) is 0.385. The molecule has 102 valence electrons. The molecular formula is C13H14BrNO4. The zero-order valence-electron chi connectivity index (χ0n) is 10.4. The predicted octanol–water partition coefficient (Wildman–Crippen LogP) is 1.76. The van der Waals surface area contributed by atoms with Crippen molar-refractivity contribution in [3.05, 3.63) is 34.3 Å². The van der Waals surface area contributed by atoms with Crippen molar-refractivity contribution in [3.63, 3.8) is 0 Å². The molecule has 2 rings (SSSR count). The van der Waals surface area contributed by atoms with Crippen LogP contribution in [-0.2, 0) is 9.53 Å². The average molecular weight is 328 g/mol. The smallest absolute Gasteiger partial charge is 0.326 e. The number of hydrogen-bond acceptors (Lipinski definition) is 3. The summed E-state index contributed by atoms with van der Waals surface area (Å²) >= 11 is 3.31. The van der Waals surface area contributed by atoms with Crippen molar-refractivity contribution in [2.75, 3.05) is 13.7 Å². The van der Waals surface area contributed by atoms with E-state index in [1.807, 2.05) is 0 Å². The summed E-state index contributed by atoms with van der Waals surface area (Å²) in [5.41, 5.74) is 0.463. The van der Waals surface area contributed by atoms with Crippen LogP contribution >= 0.6 is 15.9 Å². The molecule has 1 aromatic rings. The van der Waals surface area contributed by atoms with Crippen LogP contribution < -0.4 is 0 Å². The minimum Gasteiger partial charge on any atom is -0.480 e. The summed E-state index contributed by atoms with van der Waals surface area (Å²) in [5, 5.41) is 9.20. The summed E-state index contributed by atoms with van der Waals surface area (Å²) in [6.45, 7) is 0.299. The number of hydrogen-bond donors (Lipinski definition) is 1. The molecule has 0 spiro atoms. The number of methoxy groups -OCH3 is 1. The highest BCUT2D eigenvalue weighted by molar-refractivity contribution is 9.10. The molecule has 0 aromatic heterocycles. The SMILES string of the molecule is COC1CC(C(=O)O)N(C(=O)c2ccccc2Br)C1. The van der Waals surface area contributed by atoms with Crippen molar-refractivity contribution in [2.45, 2.75) is 18.6 Å². The average Bonchev–Trinajstić information content (AvgIpc) is 2.83. The molecule has 1 aliphatic heterocycles. The molecule has 2 unspecified atom stereocenters. The molecule has 0 radical (unpaired) electrons. The third-order valence-corrected chi connectivity index (χ3v) is 3.94. The lowest BCUT2D eigenvalue weighted by molar-refractivity contribution is -0.141. The van der Waals surface area contributed by atoms with Gasteiger partial charge in [-0.15, -0.1) is 0 Å². The third-order valence-electron chi connectivity index (χ3n) is 3.25. The molecule has 5 nitrogen and oxygen atoms in total. The molecule has 2 atom stereocenters. The maximum absolute atomic E-state index is 12.4. The van der Waals surface area contributed by atoms with Crippen LogP contribution in [0.25, 0.3) is 0 Å². The number of ether oxygens (including phenoxy) is 1. The molecule has 1 N–H and O–H groups in total. The van der Waals surface area contributed by atoms with Gasteiger partial charge in [0.1, 0.15) is 6.04 Å². The number of halogens is 1. The molecule has 0 aliphatic carbocycles. The van der Waals surface area contributed by atoms with Gasteiger partial charge in [0.15, 0.2) is 0 Å². The molecule has 1 amide bonds. The summed E-state index contributed by atoms with van der Waals surface area (Å²) in [6, 6.07) is 6.15. The maximum atomic E-state index is 12.4. The van der Waals surface area contributed by atoms with Gasteiger partial charge in [-0.1, -0.05) is 12.1 Å². The highest BCUT2D eigenvalue weighted by Crippen LogP contribution is 2.25. The monoisotopic (exact) mass is 327 g/mol. The highest BCUT2D eigenvalue weighted by Gasteiger charge is 2.40. The van der Waals surface area contributed by atoms with E-state index in [9.17, 15) is 14.7 Å². The standard InChI is InChI=1S/C13H14BrNO4/c1-19-8-6-11(13(17)18)15(7-8)12(16)9-4-2-3-5-10(9)14/h2-5,8,11H,6-7H2,1H3,(H,17,18). The molecule has 1 saturated heterocycles. The summed E-state index contributed by atoms with van der Waals surface area (Å²) in [7, 11) is 1.52. The van der Waals surface area contributed by atoms with Gasteiger partial charge in [0.2, 0.25) is 0 Å². The van der Waals surface area contributed by atoms with Crippen LogP contribution in [0.2, 0.25) is 0 Å². The van der Waals surface area contributed by atoms with Gasteiger partial charge in [0.05, 0.1) is 11.7 Å². The maximum Gasteiger partial charge on any atom is 0.326 e. The number of amides is 1. The normalized spacial score (nSPS) is 22.5. The van der Waals surface area contributed by atoms with E-state index in [1.165, 1.54) is 12.0 Å². The van der Waals surface area contributed by atoms with Gasteiger partial charge < -0.3 is 14.7 Å². The minimum absolute atomic E-state index is 0.229. The number of carbonyl (C=O) groups is 2. The van der Waals surface area contributed by atoms with Gasteiger partial charge in [-0.05, 0) is 28.1 Å². The third kappa shape index (κ3) is 2.79. The lowest BCUT2D eigenvalue weighted by Crippen LogP contribution is -2.40. The van der Waals surface area contributed by atoms with Gasteiger partial charge in [0.25, 0.3) is 5.91 Å². The Labute approximate surface area is 119 Å². The molecule has 1 fully saturated rings. The quantitative estimate of drug-likeness (QED) is 0.918. The van der Waals surface area contributed by atoms with Gasteiger partial charge >= 0.3 is 5.97 Å². The zero-order chi connectivity index (χ0) is 14.0. The Morgan fingerprint density at radius 2 is 2.11 bits per heavy atom. The summed E-state index contributed by atoms with van der Waals surface area (Å²) in [4.78, 5) is 25.0. The molecule has 0 saturated carbocycles. The number of carbonyl (C=O) groups excluding carboxylic acids is 1. The number of rotatable bonds is 3. The van der Waals surface area contributed by atoms with E-state index in [4.69, 9.17) is 4.74 Å². The van der Waals surface area contributed by atoms with E-state index in [2.05, 4.69) is 15.9 Å². The van der Waals surface area contributed by atoms with Crippen molar-refractivity contribution in [1.29, 1.82) is 0 Å². The molecule has 1 heterocycles. The summed E-state index contributed by atoms with van der Waals surface area (Å²) in [6.07, 6.45) is 0.0923. The lowest BCUT2D eigenvalue weighted by atomic mass is 10.1. The Balaban J connectivity index is 2.27. The molecule has 1 aromatic carbocycles. The van der Waals surface area contributed by atoms with E-state index in [1.54, 1.807) is 24.3 Å². The van der Waals surface area contributed by atoms with Crippen molar-refractivity contribution in [1.82, 2.24) is 4.90 Å². The molecule has 1 aliphatic rings. The first-order valence-corrected chi connectivity index (χ1v) is 6.65. The number of carboxylic acid groups (broad SMARTS) is 1. The van der Waals surface area contributed by atoms with Crippen LogP contribution in [0.1, 0.15) is 16.8 Å². The Hall–Kier alpha value is -1.40. The number of likely N-dealkylation sites (tertiary alicyclic amines) is 1. The van der Waals surface area contributed by atoms with Crippen LogP contribution in [-0.4, -0.2) is 47.7 Å². The van der Waals surface area contributed by atoms with Gasteiger partial charge in [-0.3, -0.25) is 4.79 Å². The predicted molar refractivity (Wildman–Crippen MR) is 72.0 cm³/mol. The van der Waals surface area contributed by atoms with E-state index in [0.717, 1.165) is 0 Å². The van der Waals surface area contributed by atoms with Gasteiger partial charge in [-0.2, -0.15) is 0 Å². The topological polar surface area (TPSA) is 66.8 Å². The van der Waals surface area contributed by atoms with Gasteiger partial charge in [0, 0.05) is 24.5 Å². The highest BCUT2D eigenvalue weighted by atomic mass is 79.9. The van der Waals surface area contributed by atoms with Crippen molar-refractivity contribution in [2.24, 2.45) is 0 Å². The first-order valence-electron chi connectivity index (χ1n) is 5.85. The number of nitrogens with zero attached hydrogens (tertiary/aromatic N) is 1. The first kappa shape index (κ1) is 14.0. The lowest BCUT2D eigenvalue weighted by Gasteiger charge is -2.21. The van der Waals surface area contributed by atoms with Crippen LogP contribution in [0, 0.1) is 0 Å². The van der Waals surface area contributed by atoms with Gasteiger partial charge in [-0.25, -0.2) is 4.79 Å². The molecule has 6 heteroatoms. The number of carboxylic acids is 1. The van der Waals surface area contributed by atoms with Crippen molar-refractivity contribution >= 4 is 27.8 Å². The number of aliphatic carboxylic acids is 1. The second kappa shape index (κ2) is 5.71. The Kier molecular flexibility index (Phi) is 4.21. The summed E-state index contributed by atoms with van der Waals surface area (Å²) in [5.74, 6) is -1.29. The number of benzene rings is 1. The largest absolute Gasteiger partial charge is 0.480 e. The fourth-order valence-corrected chi connectivity index (χ4v) is 2.67. The molecular weight excluding hydrogens is 314 g/mol. The van der Waals surface area contributed by atoms with Crippen molar-refractivity contribution < 1.29 is 19.4 Å². The Morgan fingerprint density at radius 1 is 1.42 bits per heavy atom. The zero-order valence-corrected chi connectivity index (χ0v) is 12.0. The fourth-order valence-electron chi connectivity index (χ4n) is 2.22. The van der Waals surface area contributed by atoms with Crippen LogP contribution in [0.5, 0.6) is 0 Å². The molecule has 19 heavy (non-hydrogen) atoms. The second-order valence-electron chi connectivity index (χ2n) is 4.38. The summed E-state index contributed by atoms with van der Waals surface area (Å²) < 4.78 is 5.83. The van der Waals surface area contributed by atoms with Crippen LogP contribution in [0.4, 0.5) is 0 Å². The first-order chi connectivity index (χ1) is 9.04. The Bertz CT molecular complexity index is 505. The van der Waals surface area contributed by atoms with Crippen LogP contribution in [0.15, 0.2) is 28.7 Å².